The van der Waals surface area contributed by atoms with Gasteiger partial charge in [-0.3, -0.25) is 4.79 Å². The number of hydrogen-bond donors (Lipinski definition) is 4. The Morgan fingerprint density at radius 1 is 1.02 bits per heavy atom. The number of oxazole rings is 2. The molecule has 4 atom stereocenters. The summed E-state index contributed by atoms with van der Waals surface area (Å²) in [5.41, 5.74) is 6.77. The Balaban J connectivity index is 1.26. The number of para-hydroxylation sites is 1. The van der Waals surface area contributed by atoms with Gasteiger partial charge in [-0.05, 0) is 35.1 Å². The van der Waals surface area contributed by atoms with Crippen molar-refractivity contribution in [1.82, 2.24) is 25.6 Å². The second-order valence-corrected chi connectivity index (χ2v) is 14.8. The van der Waals surface area contributed by atoms with Crippen LogP contribution in [0.4, 0.5) is 10.5 Å². The molecule has 52 heavy (non-hydrogen) atoms. The van der Waals surface area contributed by atoms with Gasteiger partial charge in [-0.1, -0.05) is 70.2 Å². The lowest BCUT2D eigenvalue weighted by molar-refractivity contribution is -0.124. The van der Waals surface area contributed by atoms with Crippen molar-refractivity contribution in [2.45, 2.75) is 57.8 Å². The highest BCUT2D eigenvalue weighted by atomic mass is 16.5. The summed E-state index contributed by atoms with van der Waals surface area (Å²) in [5.74, 6) is 1.93. The van der Waals surface area contributed by atoms with Crippen LogP contribution in [0.5, 0.6) is 5.75 Å². The third kappa shape index (κ3) is 4.26. The number of benzene rings is 3. The van der Waals surface area contributed by atoms with Crippen molar-refractivity contribution in [3.8, 4) is 39.8 Å². The summed E-state index contributed by atoms with van der Waals surface area (Å²) in [6.45, 7) is 8.11. The van der Waals surface area contributed by atoms with Gasteiger partial charge < -0.3 is 39.2 Å². The highest BCUT2D eigenvalue weighted by Crippen LogP contribution is 2.61. The molecule has 10 bridgehead atoms. The molecular formula is C40H36N6O6. The van der Waals surface area contributed by atoms with E-state index in [1.165, 1.54) is 0 Å². The van der Waals surface area contributed by atoms with Crippen LogP contribution in [0.25, 0.3) is 44.9 Å². The molecule has 2 amide bonds. The van der Waals surface area contributed by atoms with E-state index in [0.717, 1.165) is 50.0 Å². The molecule has 3 aromatic carbocycles. The number of ether oxygens (including phenoxy) is 2. The molecule has 1 spiro atoms. The molecule has 4 N–H and O–H groups in total. The summed E-state index contributed by atoms with van der Waals surface area (Å²) in [6.07, 6.45) is 2.59. The molecule has 0 saturated carbocycles. The molecule has 4 aliphatic heterocycles. The predicted octanol–water partition coefficient (Wildman–Crippen LogP) is 7.06. The number of rotatable bonds is 4. The number of fused-ring (bicyclic) bond motifs is 7. The van der Waals surface area contributed by atoms with Gasteiger partial charge in [0.25, 0.3) is 0 Å². The third-order valence-electron chi connectivity index (χ3n) is 10.7. The number of nitrogens with zero attached hydrogens (tertiary/aromatic N) is 2. The highest BCUT2D eigenvalue weighted by Gasteiger charge is 2.61. The first-order valence-electron chi connectivity index (χ1n) is 17.7. The van der Waals surface area contributed by atoms with Crippen molar-refractivity contribution < 1.29 is 27.9 Å². The fourth-order valence-electron chi connectivity index (χ4n) is 8.28. The van der Waals surface area contributed by atoms with Crippen LogP contribution in [0.2, 0.25) is 0 Å². The van der Waals surface area contributed by atoms with E-state index in [9.17, 15) is 9.59 Å². The van der Waals surface area contributed by atoms with Crippen LogP contribution in [-0.2, 0) is 21.4 Å². The number of hydrogen-bond acceptors (Lipinski definition) is 9. The predicted molar refractivity (Wildman–Crippen MR) is 192 cm³/mol. The molecule has 0 radical (unpaired) electrons. The van der Waals surface area contributed by atoms with E-state index in [2.05, 4.69) is 51.3 Å². The van der Waals surface area contributed by atoms with Crippen LogP contribution in [0, 0.1) is 11.8 Å². The molecule has 3 aromatic heterocycles. The Kier molecular flexibility index (Phi) is 6.49. The molecule has 12 nitrogen and oxygen atoms in total. The van der Waals surface area contributed by atoms with Gasteiger partial charge in [-0.15, -0.1) is 0 Å². The second kappa shape index (κ2) is 11.0. The quantitative estimate of drug-likeness (QED) is 0.152. The first-order valence-corrected chi connectivity index (χ1v) is 17.7. The minimum absolute atomic E-state index is 0.140. The number of amides is 2. The van der Waals surface area contributed by atoms with E-state index >= 15 is 0 Å². The van der Waals surface area contributed by atoms with Crippen molar-refractivity contribution in [3.63, 3.8) is 0 Å². The standard InChI is InChI=1S/C40H36N6O6/c1-18(2)17-49-39(48)43-27-14-20-11-12-28-25(13-20)40-24-9-5-8-22(32(24)46-38(40)51-28)21-7-6-10-26-30(21)23(15-41-26)29-16-42-36(50-29)33-34(40)52-37(45-33)31(19(3)4)44-35(27)47/h5-13,15-16,18-19,27,31,38,41,46H,14,17H2,1-4H3,(H,43,48)(H,44,47)/t27-,31-,38?,40-/m0/s1. The van der Waals surface area contributed by atoms with Gasteiger partial charge >= 0.3 is 6.09 Å². The smallest absolute Gasteiger partial charge is 0.407 e. The summed E-state index contributed by atoms with van der Waals surface area (Å²) in [4.78, 5) is 40.4. The fraction of sp³-hybridized carbons (Fsp3) is 0.300. The fourth-order valence-corrected chi connectivity index (χ4v) is 8.28. The van der Waals surface area contributed by atoms with Crippen molar-refractivity contribution in [3.05, 3.63) is 95.3 Å². The maximum atomic E-state index is 14.1. The number of alkyl carbamates (subject to hydrolysis) is 1. The lowest BCUT2D eigenvalue weighted by atomic mass is 9.72. The topological polar surface area (TPSA) is 157 Å². The van der Waals surface area contributed by atoms with Crippen LogP contribution in [-0.4, -0.2) is 45.8 Å². The zero-order chi connectivity index (χ0) is 35.5. The van der Waals surface area contributed by atoms with Crippen LogP contribution >= 0.6 is 0 Å². The zero-order valence-corrected chi connectivity index (χ0v) is 29.0. The zero-order valence-electron chi connectivity index (χ0n) is 29.0. The highest BCUT2D eigenvalue weighted by molar-refractivity contribution is 6.07. The molecule has 262 valence electrons. The summed E-state index contributed by atoms with van der Waals surface area (Å²) in [6, 6.07) is 16.8. The maximum absolute atomic E-state index is 14.1. The molecule has 4 aliphatic rings. The van der Waals surface area contributed by atoms with E-state index in [-0.39, 0.29) is 36.7 Å². The largest absolute Gasteiger partial charge is 0.469 e. The minimum atomic E-state index is -1.04. The molecule has 7 heterocycles. The Labute approximate surface area is 298 Å². The summed E-state index contributed by atoms with van der Waals surface area (Å²) >= 11 is 0. The number of H-pyrrole nitrogens is 1. The van der Waals surface area contributed by atoms with Gasteiger partial charge in [0.2, 0.25) is 17.7 Å². The van der Waals surface area contributed by atoms with Crippen LogP contribution in [0.15, 0.2) is 75.8 Å². The molecule has 10 rings (SSSR count). The molecular weight excluding hydrogens is 660 g/mol. The van der Waals surface area contributed by atoms with Crippen molar-refractivity contribution >= 4 is 28.6 Å². The van der Waals surface area contributed by atoms with Crippen LogP contribution in [0.1, 0.15) is 62.1 Å². The maximum Gasteiger partial charge on any atom is 0.407 e. The van der Waals surface area contributed by atoms with Gasteiger partial charge in [-0.25, -0.2) is 14.8 Å². The van der Waals surface area contributed by atoms with E-state index < -0.39 is 29.8 Å². The molecule has 0 fully saturated rings. The number of nitrogens with one attached hydrogen (secondary N) is 4. The van der Waals surface area contributed by atoms with Crippen LogP contribution in [0.3, 0.4) is 0 Å². The molecule has 1 unspecified atom stereocenters. The number of carbonyl (C=O) groups excluding carboxylic acids is 2. The first-order chi connectivity index (χ1) is 25.2. The number of aromatic amines is 1. The van der Waals surface area contributed by atoms with Gasteiger partial charge in [0.05, 0.1) is 12.8 Å². The summed E-state index contributed by atoms with van der Waals surface area (Å²) in [5, 5.41) is 10.8. The number of anilines is 1. The van der Waals surface area contributed by atoms with E-state index in [1.54, 1.807) is 6.20 Å². The molecule has 12 heteroatoms. The normalized spacial score (nSPS) is 21.9. The third-order valence-corrected chi connectivity index (χ3v) is 10.7. The Morgan fingerprint density at radius 3 is 2.71 bits per heavy atom. The van der Waals surface area contributed by atoms with Gasteiger partial charge in [0, 0.05) is 51.5 Å². The Bertz CT molecular complexity index is 2460. The van der Waals surface area contributed by atoms with E-state index in [1.807, 2.05) is 58.2 Å². The summed E-state index contributed by atoms with van der Waals surface area (Å²) < 4.78 is 25.9. The average molecular weight is 697 g/mol. The lowest BCUT2D eigenvalue weighted by Crippen LogP contribution is -2.50. The minimum Gasteiger partial charge on any atom is -0.469 e. The lowest BCUT2D eigenvalue weighted by Gasteiger charge is -2.28. The molecule has 6 aromatic rings. The first kappa shape index (κ1) is 30.8. The average Bonchev–Trinajstić information content (AvgIpc) is 3.95. The van der Waals surface area contributed by atoms with E-state index in [0.29, 0.717) is 28.9 Å². The SMILES string of the molecule is CC(C)COC(=O)N[C@H]1Cc2ccc3c(c2)[C@]24c5cccc(c5NC2O3)-c2cccc3[nH]cc(c23)-c2cnc(o2)-c2nc(oc24)[C@H](C(C)C)NC1=O. The monoisotopic (exact) mass is 696 g/mol. The van der Waals surface area contributed by atoms with Gasteiger partial charge in [0.15, 0.2) is 23.4 Å². The molecule has 0 saturated heterocycles. The van der Waals surface area contributed by atoms with E-state index in [4.69, 9.17) is 28.3 Å². The molecule has 0 aliphatic carbocycles. The second-order valence-electron chi connectivity index (χ2n) is 14.8. The van der Waals surface area contributed by atoms with Crippen LogP contribution < -0.4 is 20.7 Å². The number of aromatic nitrogens is 3. The Hall–Kier alpha value is -6.04. The Morgan fingerprint density at radius 2 is 1.87 bits per heavy atom. The van der Waals surface area contributed by atoms with Crippen molar-refractivity contribution in [2.24, 2.45) is 11.8 Å². The van der Waals surface area contributed by atoms with Gasteiger partial charge in [-0.2, -0.15) is 0 Å². The van der Waals surface area contributed by atoms with Gasteiger partial charge in [0.1, 0.15) is 23.2 Å². The number of carbonyl (C=O) groups is 2. The van der Waals surface area contributed by atoms with Crippen molar-refractivity contribution in [2.75, 3.05) is 11.9 Å². The van der Waals surface area contributed by atoms with Crippen molar-refractivity contribution in [1.29, 1.82) is 0 Å². The summed E-state index contributed by atoms with van der Waals surface area (Å²) in [7, 11) is 0.